The molecule has 1 amide bonds. The van der Waals surface area contributed by atoms with E-state index in [2.05, 4.69) is 10.3 Å². The number of rotatable bonds is 5. The molecule has 7 heteroatoms. The van der Waals surface area contributed by atoms with E-state index in [1.807, 2.05) is 68.4 Å². The number of hydrogen-bond acceptors (Lipinski definition) is 5. The van der Waals surface area contributed by atoms with Crippen LogP contribution in [0, 0.1) is 17.8 Å². The maximum Gasteiger partial charge on any atom is 0.224 e. The van der Waals surface area contributed by atoms with Gasteiger partial charge in [-0.3, -0.25) is 9.69 Å². The molecule has 1 aliphatic heterocycles. The van der Waals surface area contributed by atoms with Crippen LogP contribution in [0.15, 0.2) is 30.7 Å². The smallest absolute Gasteiger partial charge is 0.224 e. The summed E-state index contributed by atoms with van der Waals surface area (Å²) in [5, 5.41) is 13.5. The second kappa shape index (κ2) is 6.54. The minimum Gasteiger partial charge on any atom is -0.356 e. The van der Waals surface area contributed by atoms with Gasteiger partial charge in [-0.15, -0.1) is 0 Å². The summed E-state index contributed by atoms with van der Waals surface area (Å²) in [5.41, 5.74) is 1.02. The quantitative estimate of drug-likeness (QED) is 0.768. The molecule has 7 nitrogen and oxygen atoms in total. The average Bonchev–Trinajstić information content (AvgIpc) is 2.96. The highest BCUT2D eigenvalue weighted by atomic mass is 16.6. The van der Waals surface area contributed by atoms with E-state index < -0.39 is 17.6 Å². The number of fused-ring (bicyclic) bond motifs is 2. The third-order valence-corrected chi connectivity index (χ3v) is 5.85. The molecule has 2 fully saturated rings. The Balaban J connectivity index is 1.35. The van der Waals surface area contributed by atoms with Gasteiger partial charge in [0.05, 0.1) is 11.1 Å². The Labute approximate surface area is 165 Å². The summed E-state index contributed by atoms with van der Waals surface area (Å²) >= 11 is 0. The lowest BCUT2D eigenvalue weighted by Crippen LogP contribution is -2.45. The fourth-order valence-corrected chi connectivity index (χ4v) is 4.28. The Morgan fingerprint density at radius 1 is 1.25 bits per heavy atom. The zero-order chi connectivity index (χ0) is 20.3. The average molecular weight is 386 g/mol. The Kier molecular flexibility index (Phi) is 4.52. The predicted octanol–water partition coefficient (Wildman–Crippen LogP) is 1.95. The summed E-state index contributed by atoms with van der Waals surface area (Å²) < 4.78 is 7.58. The van der Waals surface area contributed by atoms with Crippen LogP contribution in [-0.2, 0) is 15.1 Å². The third kappa shape index (κ3) is 3.66. The molecular formula is C21H30N4O3. The number of aliphatic hydroxyl groups excluding tert-OH is 1. The number of nitrogens with one attached hydrogen (secondary N) is 1. The lowest BCUT2D eigenvalue weighted by atomic mass is 9.94. The first-order valence-electron chi connectivity index (χ1n) is 9.90. The number of likely N-dealkylation sites (tertiary alicyclic amines) is 1. The van der Waals surface area contributed by atoms with Gasteiger partial charge in [-0.25, -0.2) is 4.98 Å². The molecule has 4 atom stereocenters. The van der Waals surface area contributed by atoms with Gasteiger partial charge < -0.3 is 19.6 Å². The molecule has 2 aliphatic rings. The molecule has 152 valence electrons. The summed E-state index contributed by atoms with van der Waals surface area (Å²) in [6.45, 7) is 11.2. The first-order chi connectivity index (χ1) is 13.0. The summed E-state index contributed by atoms with van der Waals surface area (Å²) in [7, 11) is 0. The number of carbonyl (C=O) groups is 1. The minimum atomic E-state index is -0.908. The van der Waals surface area contributed by atoms with Gasteiger partial charge in [0.2, 0.25) is 12.3 Å². The Morgan fingerprint density at radius 2 is 1.93 bits per heavy atom. The van der Waals surface area contributed by atoms with Crippen molar-refractivity contribution < 1.29 is 14.6 Å². The third-order valence-electron chi connectivity index (χ3n) is 5.85. The molecule has 1 saturated carbocycles. The van der Waals surface area contributed by atoms with E-state index in [-0.39, 0.29) is 11.8 Å². The fourth-order valence-electron chi connectivity index (χ4n) is 4.28. The van der Waals surface area contributed by atoms with Crippen LogP contribution >= 0.6 is 0 Å². The van der Waals surface area contributed by atoms with Crippen molar-refractivity contribution >= 4 is 11.6 Å². The molecule has 0 radical (unpaired) electrons. The highest BCUT2D eigenvalue weighted by Crippen LogP contribution is 2.52. The van der Waals surface area contributed by atoms with Crippen LogP contribution in [0.5, 0.6) is 0 Å². The van der Waals surface area contributed by atoms with Crippen LogP contribution in [-0.4, -0.2) is 50.4 Å². The molecule has 28 heavy (non-hydrogen) atoms. The number of nitrogens with zero attached hydrogens (tertiary/aromatic N) is 3. The van der Waals surface area contributed by atoms with Crippen LogP contribution in [0.3, 0.4) is 0 Å². The number of piperidine rings is 1. The van der Waals surface area contributed by atoms with E-state index in [1.54, 1.807) is 6.20 Å². The number of carbonyl (C=O) groups excluding carboxylic acids is 1. The summed E-state index contributed by atoms with van der Waals surface area (Å²) in [5.74, 6) is 0.703. The number of pyridine rings is 1. The summed E-state index contributed by atoms with van der Waals surface area (Å²) in [4.78, 5) is 19.1. The zero-order valence-electron chi connectivity index (χ0n) is 17.2. The molecule has 1 saturated heterocycles. The molecule has 0 aromatic carbocycles. The van der Waals surface area contributed by atoms with E-state index in [9.17, 15) is 9.90 Å². The predicted molar refractivity (Wildman–Crippen MR) is 105 cm³/mol. The van der Waals surface area contributed by atoms with Gasteiger partial charge in [0.15, 0.2) is 0 Å². The number of aliphatic hydroxyl groups is 1. The highest BCUT2D eigenvalue weighted by molar-refractivity contribution is 5.83. The molecule has 2 aromatic rings. The van der Waals surface area contributed by atoms with Crippen LogP contribution in [0.1, 0.15) is 40.2 Å². The maximum atomic E-state index is 12.9. The van der Waals surface area contributed by atoms with Crippen LogP contribution in [0.4, 0.5) is 0 Å². The van der Waals surface area contributed by atoms with Crippen LogP contribution in [0.25, 0.3) is 5.65 Å². The van der Waals surface area contributed by atoms with Gasteiger partial charge in [-0.05, 0) is 64.2 Å². The Morgan fingerprint density at radius 3 is 2.57 bits per heavy atom. The standard InChI is InChI=1S/C21H30N4O3/c1-20(2,3)28-19(27)25-11-14-15(12-25)17(14)18(26)23-21(4,5)13-6-8-24-9-7-22-16(24)10-13/h6-10,14-15,17,19,27H,11-12H2,1-5H3,(H,23,26)/t14-,15+,17+,19?. The van der Waals surface area contributed by atoms with E-state index >= 15 is 0 Å². The van der Waals surface area contributed by atoms with Crippen molar-refractivity contribution in [1.82, 2.24) is 19.6 Å². The van der Waals surface area contributed by atoms with E-state index in [1.165, 1.54) is 0 Å². The van der Waals surface area contributed by atoms with E-state index in [0.29, 0.717) is 24.9 Å². The van der Waals surface area contributed by atoms with Gasteiger partial charge in [0, 0.05) is 37.6 Å². The van der Waals surface area contributed by atoms with Crippen molar-refractivity contribution in [2.75, 3.05) is 13.1 Å². The lowest BCUT2D eigenvalue weighted by molar-refractivity contribution is -0.236. The highest BCUT2D eigenvalue weighted by Gasteiger charge is 2.60. The van der Waals surface area contributed by atoms with Crippen molar-refractivity contribution in [3.8, 4) is 0 Å². The van der Waals surface area contributed by atoms with Gasteiger partial charge in [0.25, 0.3) is 0 Å². The zero-order valence-corrected chi connectivity index (χ0v) is 17.2. The second-order valence-corrected chi connectivity index (χ2v) is 9.59. The van der Waals surface area contributed by atoms with Crippen molar-refractivity contribution in [2.24, 2.45) is 17.8 Å². The molecule has 0 bridgehead atoms. The molecule has 2 aromatic heterocycles. The van der Waals surface area contributed by atoms with Crippen molar-refractivity contribution in [3.63, 3.8) is 0 Å². The number of ether oxygens (including phenoxy) is 1. The molecule has 1 unspecified atom stereocenters. The van der Waals surface area contributed by atoms with E-state index in [0.717, 1.165) is 11.2 Å². The fraction of sp³-hybridized carbons (Fsp3) is 0.619. The summed E-state index contributed by atoms with van der Waals surface area (Å²) in [6.07, 6.45) is 4.72. The molecule has 3 heterocycles. The van der Waals surface area contributed by atoms with Gasteiger partial charge in [-0.1, -0.05) is 0 Å². The normalized spacial score (nSPS) is 26.3. The monoisotopic (exact) mass is 386 g/mol. The first kappa shape index (κ1) is 19.4. The van der Waals surface area contributed by atoms with Crippen LogP contribution < -0.4 is 5.32 Å². The summed E-state index contributed by atoms with van der Waals surface area (Å²) in [6, 6.07) is 4.03. The Hall–Kier alpha value is -1.96. The number of hydrogen-bond donors (Lipinski definition) is 2. The number of amides is 1. The number of aromatic nitrogens is 2. The SMILES string of the molecule is CC(C)(C)OC(O)N1C[C@@H]2[C@H](C1)[C@H]2C(=O)NC(C)(C)c1ccn2ccnc2c1. The van der Waals surface area contributed by atoms with Crippen molar-refractivity contribution in [1.29, 1.82) is 0 Å². The topological polar surface area (TPSA) is 79.1 Å². The first-order valence-corrected chi connectivity index (χ1v) is 9.90. The molecule has 1 aliphatic carbocycles. The minimum absolute atomic E-state index is 0.0209. The van der Waals surface area contributed by atoms with Crippen molar-refractivity contribution in [2.45, 2.75) is 52.2 Å². The van der Waals surface area contributed by atoms with E-state index in [4.69, 9.17) is 4.74 Å². The van der Waals surface area contributed by atoms with Gasteiger partial charge in [-0.2, -0.15) is 0 Å². The molecular weight excluding hydrogens is 356 g/mol. The molecule has 0 spiro atoms. The lowest BCUT2D eigenvalue weighted by Gasteiger charge is -2.31. The van der Waals surface area contributed by atoms with Gasteiger partial charge >= 0.3 is 0 Å². The molecule has 4 rings (SSSR count). The Bertz CT molecular complexity index is 873. The van der Waals surface area contributed by atoms with Gasteiger partial charge in [0.1, 0.15) is 5.65 Å². The molecule has 2 N–H and O–H groups in total. The number of imidazole rings is 1. The second-order valence-electron chi connectivity index (χ2n) is 9.59. The van der Waals surface area contributed by atoms with Crippen molar-refractivity contribution in [3.05, 3.63) is 36.3 Å². The largest absolute Gasteiger partial charge is 0.356 e. The maximum absolute atomic E-state index is 12.9. The van der Waals surface area contributed by atoms with Crippen LogP contribution in [0.2, 0.25) is 0 Å².